The number of aromatic nitrogens is 3. The molecule has 0 saturated carbocycles. The first-order valence-electron chi connectivity index (χ1n) is 7.74. The van der Waals surface area contributed by atoms with Crippen molar-refractivity contribution in [1.82, 2.24) is 14.8 Å². The first kappa shape index (κ1) is 18.2. The maximum absolute atomic E-state index is 12.2. The van der Waals surface area contributed by atoms with Gasteiger partial charge < -0.3 is 9.88 Å². The van der Waals surface area contributed by atoms with Crippen molar-refractivity contribution in [3.8, 4) is 10.7 Å². The summed E-state index contributed by atoms with van der Waals surface area (Å²) in [6.45, 7) is 4.77. The van der Waals surface area contributed by atoms with Crippen LogP contribution in [-0.2, 0) is 11.3 Å². The lowest BCUT2D eigenvalue weighted by molar-refractivity contribution is -0.113. The van der Waals surface area contributed by atoms with Gasteiger partial charge in [-0.05, 0) is 47.5 Å². The summed E-state index contributed by atoms with van der Waals surface area (Å²) in [4.78, 5) is 13.3. The van der Waals surface area contributed by atoms with Crippen LogP contribution < -0.4 is 5.32 Å². The SMILES string of the molecule is CCn1c(SCC(=O)Nc2ccccc2C)nnc1-c1cc(Br)cs1. The van der Waals surface area contributed by atoms with Gasteiger partial charge in [-0.15, -0.1) is 21.5 Å². The standard InChI is InChI=1S/C17H17BrN4OS2/c1-3-22-16(14-8-12(18)9-24-14)20-21-17(22)25-10-15(23)19-13-7-5-4-6-11(13)2/h4-9H,3,10H2,1-2H3,(H,19,23). The van der Waals surface area contributed by atoms with E-state index in [1.54, 1.807) is 11.3 Å². The molecule has 8 heteroatoms. The largest absolute Gasteiger partial charge is 0.325 e. The Bertz CT molecular complexity index is 890. The third-order valence-corrected chi connectivity index (χ3v) is 6.23. The molecule has 0 aliphatic rings. The van der Waals surface area contributed by atoms with Gasteiger partial charge in [0.15, 0.2) is 11.0 Å². The first-order chi connectivity index (χ1) is 12.1. The third-order valence-electron chi connectivity index (χ3n) is 3.57. The number of hydrogen-bond acceptors (Lipinski definition) is 5. The van der Waals surface area contributed by atoms with E-state index in [1.807, 2.05) is 54.1 Å². The Labute approximate surface area is 163 Å². The quantitative estimate of drug-likeness (QED) is 0.562. The summed E-state index contributed by atoms with van der Waals surface area (Å²) in [5, 5.41) is 14.3. The minimum Gasteiger partial charge on any atom is -0.325 e. The summed E-state index contributed by atoms with van der Waals surface area (Å²) in [6.07, 6.45) is 0. The number of aryl methyl sites for hydroxylation is 1. The van der Waals surface area contributed by atoms with Crippen molar-refractivity contribution < 1.29 is 4.79 Å². The number of carbonyl (C=O) groups excluding carboxylic acids is 1. The van der Waals surface area contributed by atoms with Crippen molar-refractivity contribution >= 4 is 50.6 Å². The number of para-hydroxylation sites is 1. The zero-order valence-electron chi connectivity index (χ0n) is 13.8. The van der Waals surface area contributed by atoms with Crippen LogP contribution in [0, 0.1) is 6.92 Å². The molecular formula is C17H17BrN4OS2. The third kappa shape index (κ3) is 4.31. The van der Waals surface area contributed by atoms with Crippen molar-refractivity contribution in [1.29, 1.82) is 0 Å². The molecule has 0 radical (unpaired) electrons. The summed E-state index contributed by atoms with van der Waals surface area (Å²) in [7, 11) is 0. The molecule has 3 rings (SSSR count). The predicted octanol–water partition coefficient (Wildman–Crippen LogP) is 4.83. The zero-order chi connectivity index (χ0) is 17.8. The van der Waals surface area contributed by atoms with E-state index in [4.69, 9.17) is 0 Å². The van der Waals surface area contributed by atoms with Crippen LogP contribution >= 0.6 is 39.0 Å². The van der Waals surface area contributed by atoms with Gasteiger partial charge in [0, 0.05) is 22.1 Å². The molecule has 0 saturated heterocycles. The molecule has 25 heavy (non-hydrogen) atoms. The van der Waals surface area contributed by atoms with E-state index in [2.05, 4.69) is 31.4 Å². The van der Waals surface area contributed by atoms with Crippen LogP contribution in [0.15, 0.2) is 45.3 Å². The lowest BCUT2D eigenvalue weighted by atomic mass is 10.2. The average molecular weight is 437 g/mol. The number of thiophene rings is 1. The fraction of sp³-hybridized carbons (Fsp3) is 0.235. The van der Waals surface area contributed by atoms with Crippen LogP contribution in [-0.4, -0.2) is 26.4 Å². The number of thioether (sulfide) groups is 1. The second kappa shape index (κ2) is 8.16. The van der Waals surface area contributed by atoms with Crippen LogP contribution in [0.2, 0.25) is 0 Å². The van der Waals surface area contributed by atoms with Crippen LogP contribution in [0.4, 0.5) is 5.69 Å². The van der Waals surface area contributed by atoms with E-state index in [-0.39, 0.29) is 5.91 Å². The molecule has 2 heterocycles. The number of anilines is 1. The Morgan fingerprint density at radius 1 is 1.36 bits per heavy atom. The van der Waals surface area contributed by atoms with E-state index in [0.29, 0.717) is 5.75 Å². The van der Waals surface area contributed by atoms with E-state index < -0.39 is 0 Å². The molecule has 1 amide bonds. The van der Waals surface area contributed by atoms with Crippen LogP contribution in [0.3, 0.4) is 0 Å². The minimum absolute atomic E-state index is 0.0506. The molecule has 2 aromatic heterocycles. The van der Waals surface area contributed by atoms with Crippen molar-refractivity contribution in [2.45, 2.75) is 25.5 Å². The molecule has 0 atom stereocenters. The van der Waals surface area contributed by atoms with Gasteiger partial charge in [-0.25, -0.2) is 0 Å². The number of benzene rings is 1. The molecule has 0 unspecified atom stereocenters. The van der Waals surface area contributed by atoms with Gasteiger partial charge in [-0.1, -0.05) is 30.0 Å². The Kier molecular flexibility index (Phi) is 5.93. The van der Waals surface area contributed by atoms with Gasteiger partial charge in [-0.2, -0.15) is 0 Å². The predicted molar refractivity (Wildman–Crippen MR) is 107 cm³/mol. The van der Waals surface area contributed by atoms with E-state index >= 15 is 0 Å². The van der Waals surface area contributed by atoms with Gasteiger partial charge >= 0.3 is 0 Å². The molecule has 0 spiro atoms. The Morgan fingerprint density at radius 3 is 2.84 bits per heavy atom. The molecule has 1 N–H and O–H groups in total. The lowest BCUT2D eigenvalue weighted by Gasteiger charge is -2.08. The molecular weight excluding hydrogens is 420 g/mol. The van der Waals surface area contributed by atoms with E-state index in [0.717, 1.165) is 38.1 Å². The molecule has 0 aliphatic heterocycles. The number of amides is 1. The number of nitrogens with one attached hydrogen (secondary N) is 1. The van der Waals surface area contributed by atoms with Crippen LogP contribution in [0.5, 0.6) is 0 Å². The maximum atomic E-state index is 12.2. The van der Waals surface area contributed by atoms with E-state index in [9.17, 15) is 4.79 Å². The van der Waals surface area contributed by atoms with Crippen LogP contribution in [0.25, 0.3) is 10.7 Å². The Morgan fingerprint density at radius 2 is 2.16 bits per heavy atom. The highest BCUT2D eigenvalue weighted by Crippen LogP contribution is 2.31. The molecule has 0 fully saturated rings. The molecule has 130 valence electrons. The normalized spacial score (nSPS) is 10.8. The van der Waals surface area contributed by atoms with Crippen molar-refractivity contribution in [2.75, 3.05) is 11.1 Å². The van der Waals surface area contributed by atoms with Crippen molar-refractivity contribution in [2.24, 2.45) is 0 Å². The highest BCUT2D eigenvalue weighted by atomic mass is 79.9. The summed E-state index contributed by atoms with van der Waals surface area (Å²) >= 11 is 6.48. The van der Waals surface area contributed by atoms with Crippen molar-refractivity contribution in [3.05, 3.63) is 45.7 Å². The van der Waals surface area contributed by atoms with Crippen molar-refractivity contribution in [3.63, 3.8) is 0 Å². The first-order valence-corrected chi connectivity index (χ1v) is 10.4. The van der Waals surface area contributed by atoms with Gasteiger partial charge in [0.2, 0.25) is 5.91 Å². The monoisotopic (exact) mass is 436 g/mol. The summed E-state index contributed by atoms with van der Waals surface area (Å²) in [5.74, 6) is 1.08. The fourth-order valence-corrected chi connectivity index (χ4v) is 4.54. The molecule has 5 nitrogen and oxygen atoms in total. The van der Waals surface area contributed by atoms with Gasteiger partial charge in [0.25, 0.3) is 0 Å². The number of carbonyl (C=O) groups is 1. The zero-order valence-corrected chi connectivity index (χ0v) is 17.0. The Hall–Kier alpha value is -1.64. The molecule has 0 aliphatic carbocycles. The fourth-order valence-electron chi connectivity index (χ4n) is 2.32. The second-order valence-electron chi connectivity index (χ2n) is 5.33. The number of halogens is 1. The van der Waals surface area contributed by atoms with Gasteiger partial charge in [0.1, 0.15) is 0 Å². The summed E-state index contributed by atoms with van der Waals surface area (Å²) < 4.78 is 3.06. The second-order valence-corrected chi connectivity index (χ2v) is 8.10. The molecule has 0 bridgehead atoms. The van der Waals surface area contributed by atoms with Gasteiger partial charge in [-0.3, -0.25) is 4.79 Å². The topological polar surface area (TPSA) is 59.8 Å². The lowest BCUT2D eigenvalue weighted by Crippen LogP contribution is -2.15. The molecule has 1 aromatic carbocycles. The Balaban J connectivity index is 1.68. The highest BCUT2D eigenvalue weighted by Gasteiger charge is 2.16. The average Bonchev–Trinajstić information content (AvgIpc) is 3.20. The maximum Gasteiger partial charge on any atom is 0.234 e. The summed E-state index contributed by atoms with van der Waals surface area (Å²) in [6, 6.07) is 9.77. The number of nitrogens with zero attached hydrogens (tertiary/aromatic N) is 3. The van der Waals surface area contributed by atoms with Gasteiger partial charge in [0.05, 0.1) is 10.6 Å². The minimum atomic E-state index is -0.0506. The number of rotatable bonds is 6. The van der Waals surface area contributed by atoms with Crippen LogP contribution in [0.1, 0.15) is 12.5 Å². The molecule has 3 aromatic rings. The summed E-state index contributed by atoms with van der Waals surface area (Å²) in [5.41, 5.74) is 1.89. The van der Waals surface area contributed by atoms with E-state index in [1.165, 1.54) is 11.8 Å². The highest BCUT2D eigenvalue weighted by molar-refractivity contribution is 9.10. The number of hydrogen-bond donors (Lipinski definition) is 1. The smallest absolute Gasteiger partial charge is 0.234 e.